The number of nitrogens with zero attached hydrogens (tertiary/aromatic N) is 1. The SMILES string of the molecule is CCNC(=NCCCOC1CCCCC1)NCCCCOCCOC.I. The molecule has 1 rings (SSSR count). The van der Waals surface area contributed by atoms with Crippen molar-refractivity contribution in [2.24, 2.45) is 4.99 Å². The molecule has 1 saturated carbocycles. The van der Waals surface area contributed by atoms with Crippen LogP contribution in [0.3, 0.4) is 0 Å². The summed E-state index contributed by atoms with van der Waals surface area (Å²) in [5.74, 6) is 0.903. The Morgan fingerprint density at radius 2 is 1.77 bits per heavy atom. The summed E-state index contributed by atoms with van der Waals surface area (Å²) in [7, 11) is 1.69. The minimum absolute atomic E-state index is 0. The van der Waals surface area contributed by atoms with Crippen LogP contribution in [-0.2, 0) is 14.2 Å². The van der Waals surface area contributed by atoms with Gasteiger partial charge < -0.3 is 24.8 Å². The van der Waals surface area contributed by atoms with Crippen LogP contribution < -0.4 is 10.6 Å². The first-order valence-corrected chi connectivity index (χ1v) is 10.1. The molecule has 0 spiro atoms. The number of halogens is 1. The van der Waals surface area contributed by atoms with Crippen molar-refractivity contribution in [3.63, 3.8) is 0 Å². The lowest BCUT2D eigenvalue weighted by molar-refractivity contribution is 0.0281. The third-order valence-electron chi connectivity index (χ3n) is 4.26. The fourth-order valence-corrected chi connectivity index (χ4v) is 2.86. The van der Waals surface area contributed by atoms with Gasteiger partial charge in [-0.3, -0.25) is 4.99 Å². The van der Waals surface area contributed by atoms with Gasteiger partial charge in [-0.15, -0.1) is 24.0 Å². The Kier molecular flexibility index (Phi) is 19.5. The van der Waals surface area contributed by atoms with Gasteiger partial charge in [0.25, 0.3) is 0 Å². The fourth-order valence-electron chi connectivity index (χ4n) is 2.86. The molecule has 156 valence electrons. The maximum absolute atomic E-state index is 5.95. The first-order valence-electron chi connectivity index (χ1n) is 10.1. The van der Waals surface area contributed by atoms with Crippen LogP contribution in [0.2, 0.25) is 0 Å². The highest BCUT2D eigenvalue weighted by Crippen LogP contribution is 2.20. The van der Waals surface area contributed by atoms with Gasteiger partial charge in [-0.1, -0.05) is 19.3 Å². The summed E-state index contributed by atoms with van der Waals surface area (Å²) in [6.07, 6.45) is 10.1. The van der Waals surface area contributed by atoms with Gasteiger partial charge in [0.15, 0.2) is 5.96 Å². The second-order valence-electron chi connectivity index (χ2n) is 6.48. The van der Waals surface area contributed by atoms with E-state index in [1.807, 2.05) is 0 Å². The molecule has 1 aliphatic carbocycles. The van der Waals surface area contributed by atoms with Gasteiger partial charge in [0.05, 0.1) is 19.3 Å². The largest absolute Gasteiger partial charge is 0.382 e. The van der Waals surface area contributed by atoms with E-state index in [9.17, 15) is 0 Å². The van der Waals surface area contributed by atoms with Crippen molar-refractivity contribution >= 4 is 29.9 Å². The number of rotatable bonds is 14. The number of hydrogen-bond donors (Lipinski definition) is 2. The Bertz CT molecular complexity index is 327. The van der Waals surface area contributed by atoms with Crippen molar-refractivity contribution in [1.29, 1.82) is 0 Å². The number of hydrogen-bond acceptors (Lipinski definition) is 4. The average molecular weight is 485 g/mol. The number of nitrogens with one attached hydrogen (secondary N) is 2. The fraction of sp³-hybridized carbons (Fsp3) is 0.947. The van der Waals surface area contributed by atoms with Crippen LogP contribution in [0.5, 0.6) is 0 Å². The van der Waals surface area contributed by atoms with E-state index in [1.54, 1.807) is 7.11 Å². The van der Waals surface area contributed by atoms with Crippen molar-refractivity contribution in [2.75, 3.05) is 53.2 Å². The maximum Gasteiger partial charge on any atom is 0.191 e. The normalized spacial score (nSPS) is 15.5. The predicted molar refractivity (Wildman–Crippen MR) is 119 cm³/mol. The summed E-state index contributed by atoms with van der Waals surface area (Å²) < 4.78 is 16.3. The molecular formula is C19H40IN3O3. The molecule has 0 radical (unpaired) electrons. The van der Waals surface area contributed by atoms with E-state index in [0.717, 1.165) is 58.1 Å². The third kappa shape index (κ3) is 15.0. The molecule has 26 heavy (non-hydrogen) atoms. The molecule has 0 saturated heterocycles. The van der Waals surface area contributed by atoms with Gasteiger partial charge in [-0.25, -0.2) is 0 Å². The summed E-state index contributed by atoms with van der Waals surface area (Å²) in [4.78, 5) is 4.62. The first kappa shape index (κ1) is 25.9. The van der Waals surface area contributed by atoms with Crippen LogP contribution in [0.4, 0.5) is 0 Å². The molecule has 6 nitrogen and oxygen atoms in total. The van der Waals surface area contributed by atoms with Gasteiger partial charge in [0.1, 0.15) is 0 Å². The summed E-state index contributed by atoms with van der Waals surface area (Å²) in [6, 6.07) is 0. The highest BCUT2D eigenvalue weighted by Gasteiger charge is 2.12. The van der Waals surface area contributed by atoms with Gasteiger partial charge in [-0.05, 0) is 39.0 Å². The van der Waals surface area contributed by atoms with Gasteiger partial charge >= 0.3 is 0 Å². The highest BCUT2D eigenvalue weighted by atomic mass is 127. The number of methoxy groups -OCH3 is 1. The maximum atomic E-state index is 5.95. The molecular weight excluding hydrogens is 445 g/mol. The number of ether oxygens (including phenoxy) is 3. The summed E-state index contributed by atoms with van der Waals surface area (Å²) in [5.41, 5.74) is 0. The van der Waals surface area contributed by atoms with E-state index in [4.69, 9.17) is 14.2 Å². The van der Waals surface area contributed by atoms with Gasteiger partial charge in [0, 0.05) is 40.0 Å². The average Bonchev–Trinajstić information content (AvgIpc) is 2.64. The molecule has 0 heterocycles. The molecule has 0 aromatic carbocycles. The van der Waals surface area contributed by atoms with Gasteiger partial charge in [-0.2, -0.15) is 0 Å². The van der Waals surface area contributed by atoms with Crippen LogP contribution >= 0.6 is 24.0 Å². The molecule has 0 amide bonds. The molecule has 2 N–H and O–H groups in total. The number of guanidine groups is 1. The van der Waals surface area contributed by atoms with Crippen LogP contribution in [0, 0.1) is 0 Å². The van der Waals surface area contributed by atoms with Crippen LogP contribution in [0.25, 0.3) is 0 Å². The standard InChI is InChI=1S/C19H39N3O3.HI/c1-3-20-19(21-12-7-8-14-24-17-16-23-2)22-13-9-15-25-18-10-5-4-6-11-18;/h18H,3-17H2,1-2H3,(H2,20,21,22);1H. The zero-order valence-electron chi connectivity index (χ0n) is 16.8. The smallest absolute Gasteiger partial charge is 0.191 e. The first-order chi connectivity index (χ1) is 12.4. The number of aliphatic imine (C=N–C) groups is 1. The Balaban J connectivity index is 0.00000625. The Hall–Kier alpha value is -0.120. The van der Waals surface area contributed by atoms with Crippen molar-refractivity contribution in [3.05, 3.63) is 0 Å². The molecule has 1 aliphatic rings. The summed E-state index contributed by atoms with van der Waals surface area (Å²) in [6.45, 7) is 7.65. The summed E-state index contributed by atoms with van der Waals surface area (Å²) >= 11 is 0. The zero-order chi connectivity index (χ0) is 18.0. The molecule has 1 fully saturated rings. The topological polar surface area (TPSA) is 64.1 Å². The molecule has 7 heteroatoms. The zero-order valence-corrected chi connectivity index (χ0v) is 19.1. The minimum atomic E-state index is 0. The Morgan fingerprint density at radius 3 is 2.50 bits per heavy atom. The predicted octanol–water partition coefficient (Wildman–Crippen LogP) is 3.34. The molecule has 0 aromatic heterocycles. The van der Waals surface area contributed by atoms with Crippen molar-refractivity contribution in [3.8, 4) is 0 Å². The minimum Gasteiger partial charge on any atom is -0.382 e. The van der Waals surface area contributed by atoms with Crippen molar-refractivity contribution < 1.29 is 14.2 Å². The van der Waals surface area contributed by atoms with E-state index in [-0.39, 0.29) is 24.0 Å². The lowest BCUT2D eigenvalue weighted by Gasteiger charge is -2.21. The molecule has 0 atom stereocenters. The van der Waals surface area contributed by atoms with E-state index in [0.29, 0.717) is 19.3 Å². The van der Waals surface area contributed by atoms with Crippen LogP contribution in [0.1, 0.15) is 58.3 Å². The second-order valence-corrected chi connectivity index (χ2v) is 6.48. The molecule has 0 aliphatic heterocycles. The monoisotopic (exact) mass is 485 g/mol. The molecule has 0 aromatic rings. The van der Waals surface area contributed by atoms with E-state index in [2.05, 4.69) is 22.5 Å². The highest BCUT2D eigenvalue weighted by molar-refractivity contribution is 14.0. The Labute approximate surface area is 177 Å². The number of unbranched alkanes of at least 4 members (excludes halogenated alkanes) is 1. The molecule has 0 bridgehead atoms. The van der Waals surface area contributed by atoms with Gasteiger partial charge in [0.2, 0.25) is 0 Å². The third-order valence-corrected chi connectivity index (χ3v) is 4.26. The molecule has 0 unspecified atom stereocenters. The van der Waals surface area contributed by atoms with E-state index in [1.165, 1.54) is 32.1 Å². The van der Waals surface area contributed by atoms with Crippen molar-refractivity contribution in [1.82, 2.24) is 10.6 Å². The Morgan fingerprint density at radius 1 is 0.962 bits per heavy atom. The van der Waals surface area contributed by atoms with E-state index >= 15 is 0 Å². The lowest BCUT2D eigenvalue weighted by atomic mass is 9.98. The van der Waals surface area contributed by atoms with Crippen LogP contribution in [0.15, 0.2) is 4.99 Å². The second kappa shape index (κ2) is 19.6. The van der Waals surface area contributed by atoms with Crippen molar-refractivity contribution in [2.45, 2.75) is 64.4 Å². The quantitative estimate of drug-likeness (QED) is 0.171. The summed E-state index contributed by atoms with van der Waals surface area (Å²) in [5, 5.41) is 6.67. The lowest BCUT2D eigenvalue weighted by Crippen LogP contribution is -2.38. The van der Waals surface area contributed by atoms with Crippen LogP contribution in [-0.4, -0.2) is 65.2 Å². The van der Waals surface area contributed by atoms with E-state index < -0.39 is 0 Å².